The summed E-state index contributed by atoms with van der Waals surface area (Å²) < 4.78 is 5.21. The van der Waals surface area contributed by atoms with Gasteiger partial charge in [-0.1, -0.05) is 12.1 Å². The zero-order valence-electron chi connectivity index (χ0n) is 14.6. The van der Waals surface area contributed by atoms with Gasteiger partial charge in [-0.25, -0.2) is 4.98 Å². The zero-order chi connectivity index (χ0) is 20.3. The van der Waals surface area contributed by atoms with Crippen LogP contribution in [-0.4, -0.2) is 22.1 Å². The number of hydrogen-bond donors (Lipinski definition) is 1. The van der Waals surface area contributed by atoms with Gasteiger partial charge in [-0.2, -0.15) is 5.26 Å². The van der Waals surface area contributed by atoms with E-state index < -0.39 is 16.1 Å². The van der Waals surface area contributed by atoms with E-state index >= 15 is 0 Å². The fourth-order valence-electron chi connectivity index (χ4n) is 2.70. The van der Waals surface area contributed by atoms with Gasteiger partial charge >= 0.3 is 0 Å². The molecule has 1 N–H and O–H groups in total. The van der Waals surface area contributed by atoms with Crippen LogP contribution in [0.25, 0.3) is 22.4 Å². The van der Waals surface area contributed by atoms with E-state index in [0.717, 1.165) is 0 Å². The maximum Gasteiger partial charge on any atom is 0.269 e. The number of aromatic nitrogens is 1. The number of nitro groups is 1. The van der Waals surface area contributed by atoms with Crippen LogP contribution in [0.4, 0.5) is 5.69 Å². The summed E-state index contributed by atoms with van der Waals surface area (Å²) >= 11 is 0. The van der Waals surface area contributed by atoms with E-state index in [1.807, 2.05) is 6.07 Å². The normalized spacial score (nSPS) is 10.1. The van der Waals surface area contributed by atoms with Crippen molar-refractivity contribution in [3.8, 4) is 40.1 Å². The zero-order valence-corrected chi connectivity index (χ0v) is 14.6. The van der Waals surface area contributed by atoms with Crippen molar-refractivity contribution in [1.82, 2.24) is 4.98 Å². The molecule has 0 atom stereocenters. The van der Waals surface area contributed by atoms with Gasteiger partial charge in [0.05, 0.1) is 17.7 Å². The van der Waals surface area contributed by atoms with Gasteiger partial charge in [0.25, 0.3) is 5.69 Å². The molecule has 0 amide bonds. The van der Waals surface area contributed by atoms with E-state index in [4.69, 9.17) is 4.74 Å². The first kappa shape index (κ1) is 18.5. The first-order chi connectivity index (χ1) is 13.5. The Morgan fingerprint density at radius 3 is 2.43 bits per heavy atom. The Morgan fingerprint density at radius 2 is 1.82 bits per heavy atom. The Morgan fingerprint density at radius 1 is 1.14 bits per heavy atom. The lowest BCUT2D eigenvalue weighted by atomic mass is 9.98. The van der Waals surface area contributed by atoms with Crippen molar-refractivity contribution in [3.63, 3.8) is 0 Å². The molecular weight excluding hydrogens is 362 g/mol. The van der Waals surface area contributed by atoms with Gasteiger partial charge in [-0.05, 0) is 35.9 Å². The van der Waals surface area contributed by atoms with Gasteiger partial charge in [0.2, 0.25) is 11.3 Å². The van der Waals surface area contributed by atoms with E-state index in [1.165, 1.54) is 55.6 Å². The van der Waals surface area contributed by atoms with Crippen LogP contribution in [0.1, 0.15) is 5.56 Å². The molecular formula is C20H13N3O5. The van der Waals surface area contributed by atoms with Gasteiger partial charge in [0.15, 0.2) is 5.75 Å². The Hall–Kier alpha value is -4.25. The van der Waals surface area contributed by atoms with Crippen molar-refractivity contribution in [3.05, 3.63) is 80.5 Å². The molecule has 8 nitrogen and oxygen atoms in total. The summed E-state index contributed by atoms with van der Waals surface area (Å²) in [5.41, 5.74) is 0.760. The molecule has 3 rings (SSSR count). The molecule has 0 aliphatic rings. The number of hydrogen-bond acceptors (Lipinski definition) is 7. The Bertz CT molecular complexity index is 1170. The van der Waals surface area contributed by atoms with Gasteiger partial charge in [-0.15, -0.1) is 0 Å². The van der Waals surface area contributed by atoms with E-state index in [0.29, 0.717) is 11.1 Å². The standard InChI is InChI=1S/C20H13N3O5/c1-28-20-16(11-21)15(12-6-8-13(9-7-12)23(26)27)10-17(22-20)14-4-2-3-5-18(24)19(14)25/h2-10H,1H3,(H,24,25). The molecule has 0 saturated heterocycles. The number of aromatic hydroxyl groups is 1. The average molecular weight is 375 g/mol. The van der Waals surface area contributed by atoms with E-state index in [2.05, 4.69) is 4.98 Å². The van der Waals surface area contributed by atoms with Crippen molar-refractivity contribution in [2.24, 2.45) is 0 Å². The lowest BCUT2D eigenvalue weighted by Gasteiger charge is -2.11. The predicted octanol–water partition coefficient (Wildman–Crippen LogP) is 3.27. The van der Waals surface area contributed by atoms with Crippen LogP contribution < -0.4 is 10.2 Å². The van der Waals surface area contributed by atoms with Crippen LogP contribution in [0.3, 0.4) is 0 Å². The fraction of sp³-hybridized carbons (Fsp3) is 0.0500. The molecule has 1 heterocycles. The summed E-state index contributed by atoms with van der Waals surface area (Å²) in [4.78, 5) is 26.5. The number of nitriles is 1. The van der Waals surface area contributed by atoms with Crippen molar-refractivity contribution < 1.29 is 14.8 Å². The second-order valence-corrected chi connectivity index (χ2v) is 5.70. The van der Waals surface area contributed by atoms with Gasteiger partial charge < -0.3 is 9.84 Å². The van der Waals surface area contributed by atoms with Crippen molar-refractivity contribution >= 4 is 5.69 Å². The van der Waals surface area contributed by atoms with Crippen LogP contribution >= 0.6 is 0 Å². The average Bonchev–Trinajstić information content (AvgIpc) is 2.88. The number of nitro benzene ring substituents is 1. The minimum atomic E-state index is -0.581. The second kappa shape index (κ2) is 7.55. The molecule has 0 saturated carbocycles. The molecule has 0 bridgehead atoms. The van der Waals surface area contributed by atoms with Crippen molar-refractivity contribution in [2.45, 2.75) is 0 Å². The second-order valence-electron chi connectivity index (χ2n) is 5.70. The highest BCUT2D eigenvalue weighted by Crippen LogP contribution is 2.35. The Labute approximate surface area is 159 Å². The van der Waals surface area contributed by atoms with Gasteiger partial charge in [0.1, 0.15) is 11.6 Å². The minimum absolute atomic E-state index is 0.00621. The number of ether oxygens (including phenoxy) is 1. The lowest BCUT2D eigenvalue weighted by Crippen LogP contribution is -2.00. The molecule has 0 aliphatic carbocycles. The SMILES string of the molecule is COc1nc(-c2ccccc(=O)c2O)cc(-c2ccc([N+](=O)[O-])cc2)c1C#N. The van der Waals surface area contributed by atoms with Crippen LogP contribution in [0.15, 0.2) is 59.4 Å². The van der Waals surface area contributed by atoms with E-state index in [1.54, 1.807) is 6.07 Å². The molecule has 8 heteroatoms. The highest BCUT2D eigenvalue weighted by atomic mass is 16.6. The largest absolute Gasteiger partial charge is 0.504 e. The topological polar surface area (TPSA) is 126 Å². The molecule has 0 radical (unpaired) electrons. The van der Waals surface area contributed by atoms with Gasteiger partial charge in [-0.3, -0.25) is 14.9 Å². The minimum Gasteiger partial charge on any atom is -0.504 e. The van der Waals surface area contributed by atoms with Gasteiger partial charge in [0, 0.05) is 23.3 Å². The third kappa shape index (κ3) is 3.37. The Kier molecular flexibility index (Phi) is 5.00. The monoisotopic (exact) mass is 375 g/mol. The summed E-state index contributed by atoms with van der Waals surface area (Å²) in [7, 11) is 1.34. The number of pyridine rings is 1. The third-order valence-corrected chi connectivity index (χ3v) is 4.07. The molecule has 0 unspecified atom stereocenters. The number of non-ortho nitro benzene ring substituents is 1. The molecule has 0 fully saturated rings. The summed E-state index contributed by atoms with van der Waals surface area (Å²) in [6.45, 7) is 0. The molecule has 1 aromatic heterocycles. The number of rotatable bonds is 4. The molecule has 3 aromatic rings. The number of nitrogens with zero attached hydrogens (tertiary/aromatic N) is 3. The summed E-state index contributed by atoms with van der Waals surface area (Å²) in [5.74, 6) is -0.481. The highest BCUT2D eigenvalue weighted by molar-refractivity contribution is 5.79. The van der Waals surface area contributed by atoms with E-state index in [-0.39, 0.29) is 28.4 Å². The molecule has 0 aliphatic heterocycles. The maximum absolute atomic E-state index is 11.9. The highest BCUT2D eigenvalue weighted by Gasteiger charge is 2.18. The number of methoxy groups -OCH3 is 1. The number of benzene rings is 1. The molecule has 138 valence electrons. The molecule has 0 spiro atoms. The predicted molar refractivity (Wildman–Crippen MR) is 101 cm³/mol. The van der Waals surface area contributed by atoms with Crippen LogP contribution in [-0.2, 0) is 0 Å². The third-order valence-electron chi connectivity index (χ3n) is 4.07. The van der Waals surface area contributed by atoms with Crippen molar-refractivity contribution in [1.29, 1.82) is 5.26 Å². The summed E-state index contributed by atoms with van der Waals surface area (Å²) in [5, 5.41) is 30.7. The van der Waals surface area contributed by atoms with Crippen LogP contribution in [0, 0.1) is 21.4 Å². The first-order valence-corrected chi connectivity index (χ1v) is 8.03. The van der Waals surface area contributed by atoms with Crippen LogP contribution in [0.5, 0.6) is 11.6 Å². The quantitative estimate of drug-likeness (QED) is 0.548. The van der Waals surface area contributed by atoms with Crippen molar-refractivity contribution in [2.75, 3.05) is 7.11 Å². The molecule has 2 aromatic carbocycles. The summed E-state index contributed by atoms with van der Waals surface area (Å²) in [6, 6.07) is 15.0. The summed E-state index contributed by atoms with van der Waals surface area (Å²) in [6.07, 6.45) is 0. The molecule has 28 heavy (non-hydrogen) atoms. The fourth-order valence-corrected chi connectivity index (χ4v) is 2.70. The smallest absolute Gasteiger partial charge is 0.269 e. The van der Waals surface area contributed by atoms with Crippen LogP contribution in [0.2, 0.25) is 0 Å². The van der Waals surface area contributed by atoms with E-state index in [9.17, 15) is 25.3 Å². The lowest BCUT2D eigenvalue weighted by molar-refractivity contribution is -0.384. The maximum atomic E-state index is 11.9. The first-order valence-electron chi connectivity index (χ1n) is 8.03. The Balaban J connectivity index is 2.29.